The molecule has 0 amide bonds. The van der Waals surface area contributed by atoms with Gasteiger partial charge in [-0.05, 0) is 29.8 Å². The first kappa shape index (κ1) is 17.9. The minimum atomic E-state index is 0.419. The van der Waals surface area contributed by atoms with Gasteiger partial charge < -0.3 is 9.26 Å². The van der Waals surface area contributed by atoms with Gasteiger partial charge in [-0.25, -0.2) is 0 Å². The summed E-state index contributed by atoms with van der Waals surface area (Å²) < 4.78 is 11.3. The smallest absolute Gasteiger partial charge is 0.262 e. The molecule has 0 spiro atoms. The molecule has 0 fully saturated rings. The van der Waals surface area contributed by atoms with Gasteiger partial charge in [-0.1, -0.05) is 65.8 Å². The molecule has 30 heavy (non-hydrogen) atoms. The number of aromatic nitrogens is 4. The maximum absolute atomic E-state index is 5.84. The molecule has 1 N–H and O–H groups in total. The molecule has 6 nitrogen and oxygen atoms in total. The van der Waals surface area contributed by atoms with Gasteiger partial charge in [0, 0.05) is 11.1 Å². The molecule has 3 aromatic carbocycles. The van der Waals surface area contributed by atoms with Crippen LogP contribution < -0.4 is 4.74 Å². The summed E-state index contributed by atoms with van der Waals surface area (Å²) in [5.41, 5.74) is 4.59. The van der Waals surface area contributed by atoms with Gasteiger partial charge in [0.15, 0.2) is 0 Å². The van der Waals surface area contributed by atoms with Crippen molar-refractivity contribution in [3.63, 3.8) is 0 Å². The lowest BCUT2D eigenvalue weighted by Crippen LogP contribution is -1.94. The molecule has 146 valence electrons. The average molecular weight is 394 g/mol. The van der Waals surface area contributed by atoms with Crippen molar-refractivity contribution in [3.05, 3.63) is 96.7 Å². The van der Waals surface area contributed by atoms with Crippen LogP contribution in [-0.4, -0.2) is 20.3 Å². The van der Waals surface area contributed by atoms with Crippen LogP contribution in [0.2, 0.25) is 0 Å². The van der Waals surface area contributed by atoms with Gasteiger partial charge in [0.2, 0.25) is 5.82 Å². The molecule has 2 heterocycles. The molecule has 0 radical (unpaired) electrons. The molecule has 5 aromatic rings. The van der Waals surface area contributed by atoms with Crippen LogP contribution in [-0.2, 0) is 6.61 Å². The summed E-state index contributed by atoms with van der Waals surface area (Å²) in [6.45, 7) is 0.523. The van der Waals surface area contributed by atoms with Crippen molar-refractivity contribution in [2.24, 2.45) is 0 Å². The standard InChI is InChI=1S/C24H18N4O2/c1-3-7-17(8-4-1)16-29-20-13-11-19(12-14-20)23-26-24(30-28-23)21-15-25-27-22(21)18-9-5-2-6-10-18/h1-15H,16H2,(H,25,27). The van der Waals surface area contributed by atoms with Crippen molar-refractivity contribution in [1.29, 1.82) is 0 Å². The third kappa shape index (κ3) is 3.71. The molecular weight excluding hydrogens is 376 g/mol. The molecule has 2 aromatic heterocycles. The van der Waals surface area contributed by atoms with Crippen molar-refractivity contribution in [2.45, 2.75) is 6.61 Å². The number of nitrogens with zero attached hydrogens (tertiary/aromatic N) is 3. The largest absolute Gasteiger partial charge is 0.489 e. The van der Waals surface area contributed by atoms with Gasteiger partial charge >= 0.3 is 0 Å². The zero-order valence-electron chi connectivity index (χ0n) is 16.0. The summed E-state index contributed by atoms with van der Waals surface area (Å²) in [6, 6.07) is 27.6. The molecular formula is C24H18N4O2. The van der Waals surface area contributed by atoms with E-state index in [9.17, 15) is 0 Å². The van der Waals surface area contributed by atoms with E-state index in [0.717, 1.165) is 33.7 Å². The Morgan fingerprint density at radius 2 is 1.53 bits per heavy atom. The maximum Gasteiger partial charge on any atom is 0.262 e. The third-order valence-corrected chi connectivity index (χ3v) is 4.72. The van der Waals surface area contributed by atoms with Gasteiger partial charge in [0.25, 0.3) is 5.89 Å². The summed E-state index contributed by atoms with van der Waals surface area (Å²) >= 11 is 0. The Hall–Kier alpha value is -4.19. The van der Waals surface area contributed by atoms with Crippen LogP contribution >= 0.6 is 0 Å². The van der Waals surface area contributed by atoms with E-state index < -0.39 is 0 Å². The van der Waals surface area contributed by atoms with E-state index in [1.165, 1.54) is 0 Å². The van der Waals surface area contributed by atoms with E-state index in [1.54, 1.807) is 6.20 Å². The quantitative estimate of drug-likeness (QED) is 0.419. The fraction of sp³-hybridized carbons (Fsp3) is 0.0417. The van der Waals surface area contributed by atoms with Crippen LogP contribution in [0.3, 0.4) is 0 Å². The molecule has 0 aliphatic rings. The van der Waals surface area contributed by atoms with E-state index in [4.69, 9.17) is 9.26 Å². The monoisotopic (exact) mass is 394 g/mol. The molecule has 0 atom stereocenters. The Labute approximate surface area is 173 Å². The highest BCUT2D eigenvalue weighted by Gasteiger charge is 2.17. The van der Waals surface area contributed by atoms with Crippen molar-refractivity contribution >= 4 is 0 Å². The molecule has 5 rings (SSSR count). The highest BCUT2D eigenvalue weighted by atomic mass is 16.5. The Morgan fingerprint density at radius 1 is 0.800 bits per heavy atom. The van der Waals surface area contributed by atoms with Crippen LogP contribution in [0.25, 0.3) is 34.1 Å². The number of H-pyrrole nitrogens is 1. The lowest BCUT2D eigenvalue weighted by molar-refractivity contribution is 0.306. The molecule has 0 saturated carbocycles. The van der Waals surface area contributed by atoms with E-state index in [1.807, 2.05) is 84.9 Å². The van der Waals surface area contributed by atoms with Crippen molar-refractivity contribution in [3.8, 4) is 39.8 Å². The molecule has 6 heteroatoms. The molecule has 0 bridgehead atoms. The maximum atomic E-state index is 5.84. The van der Waals surface area contributed by atoms with Gasteiger partial charge in [-0.3, -0.25) is 5.10 Å². The lowest BCUT2D eigenvalue weighted by Gasteiger charge is -2.06. The zero-order chi connectivity index (χ0) is 20.2. The Kier molecular flexibility index (Phi) is 4.79. The van der Waals surface area contributed by atoms with Crippen LogP contribution in [0.1, 0.15) is 5.56 Å². The van der Waals surface area contributed by atoms with Crippen molar-refractivity contribution in [1.82, 2.24) is 20.3 Å². The van der Waals surface area contributed by atoms with E-state index >= 15 is 0 Å². The number of ether oxygens (including phenoxy) is 1. The fourth-order valence-electron chi connectivity index (χ4n) is 3.16. The van der Waals surface area contributed by atoms with Crippen LogP contribution in [0.4, 0.5) is 0 Å². The third-order valence-electron chi connectivity index (χ3n) is 4.72. The summed E-state index contributed by atoms with van der Waals surface area (Å²) in [4.78, 5) is 4.55. The van der Waals surface area contributed by atoms with Gasteiger partial charge in [-0.15, -0.1) is 0 Å². The van der Waals surface area contributed by atoms with Gasteiger partial charge in [0.1, 0.15) is 12.4 Å². The van der Waals surface area contributed by atoms with E-state index in [0.29, 0.717) is 18.3 Å². The first-order valence-electron chi connectivity index (χ1n) is 9.57. The molecule has 0 saturated heterocycles. The second-order valence-electron chi connectivity index (χ2n) is 6.75. The first-order valence-corrected chi connectivity index (χ1v) is 9.57. The normalized spacial score (nSPS) is 10.8. The van der Waals surface area contributed by atoms with E-state index in [2.05, 4.69) is 20.3 Å². The number of nitrogens with one attached hydrogen (secondary N) is 1. The average Bonchev–Trinajstić information content (AvgIpc) is 3.49. The first-order chi connectivity index (χ1) is 14.9. The fourth-order valence-corrected chi connectivity index (χ4v) is 3.16. The predicted molar refractivity (Wildman–Crippen MR) is 114 cm³/mol. The molecule has 0 aliphatic carbocycles. The number of aromatic amines is 1. The number of benzene rings is 3. The Bertz CT molecular complexity index is 1230. The molecule has 0 unspecified atom stereocenters. The van der Waals surface area contributed by atoms with Crippen LogP contribution in [0.15, 0.2) is 95.6 Å². The second kappa shape index (κ2) is 8.05. The second-order valence-corrected chi connectivity index (χ2v) is 6.75. The minimum absolute atomic E-state index is 0.419. The van der Waals surface area contributed by atoms with Crippen LogP contribution in [0.5, 0.6) is 5.75 Å². The summed E-state index contributed by atoms with van der Waals surface area (Å²) in [7, 11) is 0. The van der Waals surface area contributed by atoms with E-state index in [-0.39, 0.29) is 0 Å². The summed E-state index contributed by atoms with van der Waals surface area (Å²) in [5.74, 6) is 1.72. The van der Waals surface area contributed by atoms with Crippen molar-refractivity contribution in [2.75, 3.05) is 0 Å². The summed E-state index contributed by atoms with van der Waals surface area (Å²) in [6.07, 6.45) is 1.69. The van der Waals surface area contributed by atoms with Gasteiger partial charge in [-0.2, -0.15) is 10.1 Å². The Balaban J connectivity index is 1.33. The number of rotatable bonds is 6. The Morgan fingerprint density at radius 3 is 2.30 bits per heavy atom. The number of hydrogen-bond donors (Lipinski definition) is 1. The zero-order valence-corrected chi connectivity index (χ0v) is 16.0. The SMILES string of the molecule is c1ccc(COc2ccc(-c3noc(-c4cn[nH]c4-c4ccccc4)n3)cc2)cc1. The lowest BCUT2D eigenvalue weighted by atomic mass is 10.1. The molecule has 0 aliphatic heterocycles. The predicted octanol–water partition coefficient (Wildman–Crippen LogP) is 5.37. The van der Waals surface area contributed by atoms with Crippen molar-refractivity contribution < 1.29 is 9.26 Å². The van der Waals surface area contributed by atoms with Gasteiger partial charge in [0.05, 0.1) is 17.5 Å². The highest BCUT2D eigenvalue weighted by molar-refractivity contribution is 5.76. The minimum Gasteiger partial charge on any atom is -0.489 e. The van der Waals surface area contributed by atoms with Crippen LogP contribution in [0, 0.1) is 0 Å². The topological polar surface area (TPSA) is 76.8 Å². The number of hydrogen-bond acceptors (Lipinski definition) is 5. The summed E-state index contributed by atoms with van der Waals surface area (Å²) in [5, 5.41) is 11.3. The highest BCUT2D eigenvalue weighted by Crippen LogP contribution is 2.30.